The number of anilines is 1. The summed E-state index contributed by atoms with van der Waals surface area (Å²) in [7, 11) is 6.01. The summed E-state index contributed by atoms with van der Waals surface area (Å²) < 4.78 is 22.6. The van der Waals surface area contributed by atoms with Gasteiger partial charge in [0.1, 0.15) is 5.75 Å². The van der Waals surface area contributed by atoms with E-state index in [1.807, 2.05) is 6.07 Å². The number of fused-ring (bicyclic) bond motifs is 1. The van der Waals surface area contributed by atoms with Crippen LogP contribution in [0.4, 0.5) is 5.13 Å². The van der Waals surface area contributed by atoms with E-state index in [4.69, 9.17) is 18.9 Å². The normalized spacial score (nSPS) is 15.4. The topological polar surface area (TPSA) is 107 Å². The fraction of sp³-hybridized carbons (Fsp3) is 0.192. The quantitative estimate of drug-likeness (QED) is 0.306. The van der Waals surface area contributed by atoms with Gasteiger partial charge >= 0.3 is 0 Å². The van der Waals surface area contributed by atoms with Crippen molar-refractivity contribution in [3.05, 3.63) is 69.6 Å². The number of benzene rings is 2. The zero-order chi connectivity index (χ0) is 26.3. The van der Waals surface area contributed by atoms with E-state index >= 15 is 0 Å². The lowest BCUT2D eigenvalue weighted by atomic mass is 9.95. The Morgan fingerprint density at radius 1 is 1.00 bits per heavy atom. The molecule has 37 heavy (non-hydrogen) atoms. The number of hydrogen-bond acceptors (Lipinski definition) is 10. The fourth-order valence-corrected chi connectivity index (χ4v) is 5.97. The van der Waals surface area contributed by atoms with Crippen LogP contribution in [0.2, 0.25) is 0 Å². The molecule has 0 saturated carbocycles. The van der Waals surface area contributed by atoms with Crippen molar-refractivity contribution in [2.24, 2.45) is 0 Å². The van der Waals surface area contributed by atoms with Crippen LogP contribution in [0.3, 0.4) is 0 Å². The molecule has 1 aliphatic rings. The standard InChI is InChI=1S/C26H22N2O7S2/c1-32-14-7-8-15-19(12-14)37-26(27-15)28-21(13-10-16(33-2)24(35-4)17(11-13)34-3)20(23(30)25(28)31)22(29)18-6-5-9-36-18/h5-12,21,30H,1-4H3/t21-/m0/s1. The van der Waals surface area contributed by atoms with Crippen molar-refractivity contribution in [3.63, 3.8) is 0 Å². The summed E-state index contributed by atoms with van der Waals surface area (Å²) in [6.45, 7) is 0. The first kappa shape index (κ1) is 24.6. The lowest BCUT2D eigenvalue weighted by molar-refractivity contribution is -0.117. The summed E-state index contributed by atoms with van der Waals surface area (Å²) in [5.41, 5.74) is 1.07. The Kier molecular flexibility index (Phi) is 6.48. The number of carbonyl (C=O) groups excluding carboxylic acids is 2. The lowest BCUT2D eigenvalue weighted by Gasteiger charge is -2.25. The van der Waals surface area contributed by atoms with Gasteiger partial charge < -0.3 is 24.1 Å². The number of ketones is 1. The van der Waals surface area contributed by atoms with Gasteiger partial charge in [-0.15, -0.1) is 11.3 Å². The van der Waals surface area contributed by atoms with Crippen molar-refractivity contribution in [1.29, 1.82) is 0 Å². The second kappa shape index (κ2) is 9.75. The Morgan fingerprint density at radius 2 is 1.73 bits per heavy atom. The number of aromatic nitrogens is 1. The van der Waals surface area contributed by atoms with Gasteiger partial charge in [-0.05, 0) is 47.3 Å². The Hall–Kier alpha value is -4.09. The van der Waals surface area contributed by atoms with Crippen molar-refractivity contribution in [3.8, 4) is 23.0 Å². The monoisotopic (exact) mass is 538 g/mol. The molecule has 9 nitrogen and oxygen atoms in total. The maximum absolute atomic E-state index is 13.6. The molecule has 4 aromatic rings. The van der Waals surface area contributed by atoms with Gasteiger partial charge in [0.05, 0.1) is 55.1 Å². The Labute approximate surface area is 220 Å². The Bertz CT molecular complexity index is 1520. The molecule has 0 unspecified atom stereocenters. The number of hydrogen-bond donors (Lipinski definition) is 1. The molecular formula is C26H22N2O7S2. The molecule has 0 fully saturated rings. The highest BCUT2D eigenvalue weighted by Crippen LogP contribution is 2.48. The van der Waals surface area contributed by atoms with Crippen LogP contribution in [-0.2, 0) is 4.79 Å². The predicted molar refractivity (Wildman–Crippen MR) is 141 cm³/mol. The van der Waals surface area contributed by atoms with Gasteiger partial charge in [-0.25, -0.2) is 4.98 Å². The molecule has 5 rings (SSSR count). The molecule has 0 radical (unpaired) electrons. The highest BCUT2D eigenvalue weighted by Gasteiger charge is 2.46. The van der Waals surface area contributed by atoms with E-state index in [2.05, 4.69) is 4.98 Å². The number of methoxy groups -OCH3 is 4. The molecule has 1 atom stereocenters. The van der Waals surface area contributed by atoms with Gasteiger partial charge in [-0.3, -0.25) is 14.5 Å². The van der Waals surface area contributed by atoms with Crippen LogP contribution < -0.4 is 23.8 Å². The van der Waals surface area contributed by atoms with Gasteiger partial charge in [-0.2, -0.15) is 0 Å². The number of amides is 1. The van der Waals surface area contributed by atoms with Crippen LogP contribution in [0.5, 0.6) is 23.0 Å². The number of ether oxygens (including phenoxy) is 4. The summed E-state index contributed by atoms with van der Waals surface area (Å²) in [5.74, 6) is -0.133. The van der Waals surface area contributed by atoms with E-state index in [9.17, 15) is 14.7 Å². The average molecular weight is 539 g/mol. The summed E-state index contributed by atoms with van der Waals surface area (Å²) >= 11 is 2.47. The largest absolute Gasteiger partial charge is 0.503 e. The predicted octanol–water partition coefficient (Wildman–Crippen LogP) is 5.18. The third-order valence-electron chi connectivity index (χ3n) is 5.99. The fourth-order valence-electron chi connectivity index (χ4n) is 4.27. The number of nitrogens with zero attached hydrogens (tertiary/aromatic N) is 2. The summed E-state index contributed by atoms with van der Waals surface area (Å²) in [6.07, 6.45) is 0. The Morgan fingerprint density at radius 3 is 2.32 bits per heavy atom. The molecule has 11 heteroatoms. The van der Waals surface area contributed by atoms with Crippen molar-refractivity contribution in [1.82, 2.24) is 4.98 Å². The summed E-state index contributed by atoms with van der Waals surface area (Å²) in [5, 5.41) is 13.1. The Balaban J connectivity index is 1.73. The van der Waals surface area contributed by atoms with Crippen molar-refractivity contribution in [2.45, 2.75) is 6.04 Å². The second-order valence-corrected chi connectivity index (χ2v) is 9.89. The minimum atomic E-state index is -1.00. The van der Waals surface area contributed by atoms with E-state index in [1.165, 1.54) is 48.9 Å². The maximum atomic E-state index is 13.6. The van der Waals surface area contributed by atoms with Gasteiger partial charge in [0.15, 0.2) is 22.4 Å². The molecule has 3 heterocycles. The van der Waals surface area contributed by atoms with Crippen LogP contribution in [0, 0.1) is 0 Å². The summed E-state index contributed by atoms with van der Waals surface area (Å²) in [4.78, 5) is 33.5. The van der Waals surface area contributed by atoms with Crippen LogP contribution in [0.25, 0.3) is 10.2 Å². The number of Topliss-reactive ketones (excluding diaryl/α,β-unsaturated/α-hetero) is 1. The molecule has 0 bridgehead atoms. The highest BCUT2D eigenvalue weighted by molar-refractivity contribution is 7.22. The van der Waals surface area contributed by atoms with Crippen LogP contribution >= 0.6 is 22.7 Å². The lowest BCUT2D eigenvalue weighted by Crippen LogP contribution is -2.31. The van der Waals surface area contributed by atoms with E-state index in [0.29, 0.717) is 44.1 Å². The highest BCUT2D eigenvalue weighted by atomic mass is 32.1. The summed E-state index contributed by atoms with van der Waals surface area (Å²) in [6, 6.07) is 11.1. The molecular weight excluding hydrogens is 516 g/mol. The van der Waals surface area contributed by atoms with Crippen LogP contribution in [-0.4, -0.2) is 50.2 Å². The van der Waals surface area contributed by atoms with Crippen molar-refractivity contribution in [2.75, 3.05) is 33.3 Å². The van der Waals surface area contributed by atoms with Crippen molar-refractivity contribution >= 4 is 49.7 Å². The van der Waals surface area contributed by atoms with Gasteiger partial charge in [0.2, 0.25) is 11.5 Å². The van der Waals surface area contributed by atoms with Crippen molar-refractivity contribution < 1.29 is 33.6 Å². The average Bonchev–Trinajstić information content (AvgIpc) is 3.65. The van der Waals surface area contributed by atoms with E-state index in [1.54, 1.807) is 48.9 Å². The van der Waals surface area contributed by atoms with Gasteiger partial charge in [0.25, 0.3) is 5.91 Å². The number of thiazole rings is 1. The number of aliphatic hydroxyl groups excluding tert-OH is 1. The van der Waals surface area contributed by atoms with E-state index in [0.717, 1.165) is 4.70 Å². The third-order valence-corrected chi connectivity index (χ3v) is 7.88. The third kappa shape index (κ3) is 4.05. The first-order chi connectivity index (χ1) is 17.9. The first-order valence-electron chi connectivity index (χ1n) is 11.0. The van der Waals surface area contributed by atoms with Crippen LogP contribution in [0.1, 0.15) is 21.3 Å². The molecule has 1 aliphatic heterocycles. The number of aliphatic hydroxyl groups is 1. The number of carbonyl (C=O) groups is 2. The van der Waals surface area contributed by atoms with E-state index < -0.39 is 23.5 Å². The van der Waals surface area contributed by atoms with Crippen LogP contribution in [0.15, 0.2) is 59.2 Å². The molecule has 0 spiro atoms. The number of thiophene rings is 1. The van der Waals surface area contributed by atoms with Gasteiger partial charge in [-0.1, -0.05) is 17.4 Å². The van der Waals surface area contributed by atoms with E-state index in [-0.39, 0.29) is 5.57 Å². The second-order valence-electron chi connectivity index (χ2n) is 7.94. The molecule has 1 amide bonds. The van der Waals surface area contributed by atoms with Gasteiger partial charge in [0, 0.05) is 0 Å². The molecule has 2 aromatic heterocycles. The molecule has 0 aliphatic carbocycles. The first-order valence-corrected chi connectivity index (χ1v) is 12.7. The minimum Gasteiger partial charge on any atom is -0.503 e. The molecule has 2 aromatic carbocycles. The molecule has 190 valence electrons. The SMILES string of the molecule is COc1ccc2nc(N3C(=O)C(O)=C(C(=O)c4cccs4)[C@@H]3c3cc(OC)c(OC)c(OC)c3)sc2c1. The molecule has 0 saturated heterocycles. The smallest absolute Gasteiger partial charge is 0.296 e. The number of rotatable bonds is 8. The zero-order valence-electron chi connectivity index (χ0n) is 20.3. The zero-order valence-corrected chi connectivity index (χ0v) is 21.9. The maximum Gasteiger partial charge on any atom is 0.296 e. The molecule has 1 N–H and O–H groups in total. The minimum absolute atomic E-state index is 0.0569.